The number of amides is 2. The van der Waals surface area contributed by atoms with Crippen molar-refractivity contribution in [1.29, 1.82) is 0 Å². The summed E-state index contributed by atoms with van der Waals surface area (Å²) in [5.74, 6) is -1.29. The van der Waals surface area contributed by atoms with Crippen molar-refractivity contribution < 1.29 is 14.0 Å². The summed E-state index contributed by atoms with van der Waals surface area (Å²) < 4.78 is 12.9. The largest absolute Gasteiger partial charge is 0.342 e. The van der Waals surface area contributed by atoms with E-state index in [1.807, 2.05) is 0 Å². The molecule has 0 saturated carbocycles. The summed E-state index contributed by atoms with van der Waals surface area (Å²) in [6.45, 7) is -0.175. The van der Waals surface area contributed by atoms with Gasteiger partial charge in [-0.15, -0.1) is 11.3 Å². The van der Waals surface area contributed by atoms with Gasteiger partial charge in [-0.25, -0.2) is 4.39 Å². The van der Waals surface area contributed by atoms with E-state index in [-0.39, 0.29) is 17.5 Å². The Balaban J connectivity index is 1.86. The van der Waals surface area contributed by atoms with Crippen LogP contribution in [0.2, 0.25) is 5.02 Å². The molecule has 0 unspecified atom stereocenters. The molecule has 0 saturated heterocycles. The lowest BCUT2D eigenvalue weighted by Gasteiger charge is -2.07. The summed E-state index contributed by atoms with van der Waals surface area (Å²) in [4.78, 5) is 23.8. The van der Waals surface area contributed by atoms with Crippen molar-refractivity contribution in [2.24, 2.45) is 0 Å². The first kappa shape index (κ1) is 14.5. The second-order valence-corrected chi connectivity index (χ2v) is 5.19. The van der Waals surface area contributed by atoms with E-state index in [1.165, 1.54) is 23.5 Å². The van der Waals surface area contributed by atoms with Crippen LogP contribution in [0.3, 0.4) is 0 Å². The molecule has 1 aromatic carbocycles. The van der Waals surface area contributed by atoms with E-state index in [0.29, 0.717) is 10.6 Å². The first-order valence-corrected chi connectivity index (χ1v) is 6.88. The highest BCUT2D eigenvalue weighted by atomic mass is 35.5. The summed E-state index contributed by atoms with van der Waals surface area (Å²) in [5, 5.41) is 6.69. The number of halogens is 2. The van der Waals surface area contributed by atoms with Gasteiger partial charge in [0, 0.05) is 5.69 Å². The van der Waals surface area contributed by atoms with Crippen LogP contribution >= 0.6 is 22.9 Å². The normalized spacial score (nSPS) is 10.1. The molecule has 0 spiro atoms. The first-order valence-electron chi connectivity index (χ1n) is 5.63. The molecule has 0 aliphatic rings. The van der Waals surface area contributed by atoms with Crippen molar-refractivity contribution in [2.75, 3.05) is 11.9 Å². The molecule has 4 nitrogen and oxygen atoms in total. The Bertz CT molecular complexity index is 631. The van der Waals surface area contributed by atoms with E-state index in [4.69, 9.17) is 11.6 Å². The van der Waals surface area contributed by atoms with E-state index < -0.39 is 11.7 Å². The maximum absolute atomic E-state index is 12.9. The summed E-state index contributed by atoms with van der Waals surface area (Å²) in [6, 6.07) is 7.26. The molecule has 104 valence electrons. The Morgan fingerprint density at radius 1 is 1.30 bits per heavy atom. The number of rotatable bonds is 4. The van der Waals surface area contributed by atoms with Gasteiger partial charge in [0.05, 0.1) is 16.4 Å². The van der Waals surface area contributed by atoms with E-state index in [2.05, 4.69) is 10.6 Å². The molecule has 0 aliphatic heterocycles. The molecule has 7 heteroatoms. The fourth-order valence-corrected chi connectivity index (χ4v) is 2.26. The molecule has 2 rings (SSSR count). The Morgan fingerprint density at radius 2 is 2.10 bits per heavy atom. The van der Waals surface area contributed by atoms with Gasteiger partial charge in [-0.2, -0.15) is 0 Å². The van der Waals surface area contributed by atoms with Gasteiger partial charge in [-0.3, -0.25) is 9.59 Å². The van der Waals surface area contributed by atoms with Crippen LogP contribution in [0.1, 0.15) is 9.67 Å². The third kappa shape index (κ3) is 3.79. The smallest absolute Gasteiger partial charge is 0.261 e. The molecule has 0 fully saturated rings. The molecule has 0 aliphatic carbocycles. The van der Waals surface area contributed by atoms with Gasteiger partial charge in [-0.1, -0.05) is 17.7 Å². The van der Waals surface area contributed by atoms with Crippen molar-refractivity contribution >= 4 is 40.4 Å². The average Bonchev–Trinajstić information content (AvgIpc) is 2.94. The minimum atomic E-state index is -0.560. The lowest BCUT2D eigenvalue weighted by atomic mass is 10.3. The Labute approximate surface area is 123 Å². The lowest BCUT2D eigenvalue weighted by Crippen LogP contribution is -2.32. The Morgan fingerprint density at radius 3 is 2.75 bits per heavy atom. The van der Waals surface area contributed by atoms with Gasteiger partial charge in [0.2, 0.25) is 5.91 Å². The second-order valence-electron chi connectivity index (χ2n) is 3.84. The molecule has 2 amide bonds. The molecule has 0 bridgehead atoms. The molecule has 0 radical (unpaired) electrons. The minimum Gasteiger partial charge on any atom is -0.342 e. The summed E-state index contributed by atoms with van der Waals surface area (Å²) in [5.41, 5.74) is 0.367. The van der Waals surface area contributed by atoms with Crippen LogP contribution in [0.5, 0.6) is 0 Å². The third-order valence-electron chi connectivity index (χ3n) is 2.36. The molecule has 2 aromatic rings. The van der Waals surface area contributed by atoms with Crippen molar-refractivity contribution in [2.45, 2.75) is 0 Å². The minimum absolute atomic E-state index is 0.0783. The zero-order valence-electron chi connectivity index (χ0n) is 10.2. The maximum atomic E-state index is 12.9. The third-order valence-corrected chi connectivity index (χ3v) is 3.52. The number of nitrogens with one attached hydrogen (secondary N) is 2. The van der Waals surface area contributed by atoms with Crippen LogP contribution in [0.25, 0.3) is 0 Å². The summed E-state index contributed by atoms with van der Waals surface area (Å²) >= 11 is 6.89. The van der Waals surface area contributed by atoms with Crippen LogP contribution in [0.4, 0.5) is 10.1 Å². The highest BCUT2D eigenvalue weighted by molar-refractivity contribution is 7.12. The van der Waals surface area contributed by atoms with Crippen molar-refractivity contribution in [3.8, 4) is 0 Å². The van der Waals surface area contributed by atoms with Gasteiger partial charge in [-0.05, 0) is 29.6 Å². The van der Waals surface area contributed by atoms with E-state index in [0.717, 1.165) is 6.07 Å². The predicted octanol–water partition coefficient (Wildman–Crippen LogP) is 2.91. The van der Waals surface area contributed by atoms with Crippen LogP contribution in [0, 0.1) is 5.82 Å². The highest BCUT2D eigenvalue weighted by Crippen LogP contribution is 2.19. The van der Waals surface area contributed by atoms with Gasteiger partial charge in [0.25, 0.3) is 5.91 Å². The maximum Gasteiger partial charge on any atom is 0.261 e. The molecule has 1 heterocycles. The number of anilines is 1. The van der Waals surface area contributed by atoms with Crippen LogP contribution in [-0.4, -0.2) is 18.4 Å². The fraction of sp³-hybridized carbons (Fsp3) is 0.0769. The second kappa shape index (κ2) is 6.49. The van der Waals surface area contributed by atoms with Crippen LogP contribution in [-0.2, 0) is 4.79 Å². The molecule has 1 aromatic heterocycles. The lowest BCUT2D eigenvalue weighted by molar-refractivity contribution is -0.115. The molecule has 20 heavy (non-hydrogen) atoms. The van der Waals surface area contributed by atoms with E-state index >= 15 is 0 Å². The monoisotopic (exact) mass is 312 g/mol. The summed E-state index contributed by atoms with van der Waals surface area (Å²) in [7, 11) is 0. The van der Waals surface area contributed by atoms with E-state index in [9.17, 15) is 14.0 Å². The first-order chi connectivity index (χ1) is 9.56. The van der Waals surface area contributed by atoms with Gasteiger partial charge in [0.15, 0.2) is 0 Å². The molecule has 0 atom stereocenters. The van der Waals surface area contributed by atoms with Crippen molar-refractivity contribution in [3.05, 3.63) is 51.4 Å². The molecular weight excluding hydrogens is 303 g/mol. The number of thiophene rings is 1. The number of hydrogen-bond donors (Lipinski definition) is 2. The van der Waals surface area contributed by atoms with Crippen molar-refractivity contribution in [3.63, 3.8) is 0 Å². The fourth-order valence-electron chi connectivity index (χ4n) is 1.43. The number of carbonyl (C=O) groups excluding carboxylic acids is 2. The van der Waals surface area contributed by atoms with E-state index in [1.54, 1.807) is 17.5 Å². The Hall–Kier alpha value is -1.92. The SMILES string of the molecule is O=C(CNC(=O)c1cccs1)Nc1ccc(F)c(Cl)c1. The van der Waals surface area contributed by atoms with Crippen LogP contribution in [0.15, 0.2) is 35.7 Å². The molecular formula is C13H10ClFN2O2S. The summed E-state index contributed by atoms with van der Waals surface area (Å²) in [6.07, 6.45) is 0. The topological polar surface area (TPSA) is 58.2 Å². The van der Waals surface area contributed by atoms with Gasteiger partial charge >= 0.3 is 0 Å². The predicted molar refractivity (Wildman–Crippen MR) is 76.7 cm³/mol. The zero-order valence-corrected chi connectivity index (χ0v) is 11.7. The quantitative estimate of drug-likeness (QED) is 0.912. The standard InChI is InChI=1S/C13H10ClFN2O2S/c14-9-6-8(3-4-10(9)15)17-12(18)7-16-13(19)11-2-1-5-20-11/h1-6H,7H2,(H,16,19)(H,17,18). The number of carbonyl (C=O) groups is 2. The number of hydrogen-bond acceptors (Lipinski definition) is 3. The van der Waals surface area contributed by atoms with Gasteiger partial charge < -0.3 is 10.6 Å². The van der Waals surface area contributed by atoms with Gasteiger partial charge in [0.1, 0.15) is 5.82 Å². The zero-order chi connectivity index (χ0) is 14.5. The van der Waals surface area contributed by atoms with Crippen LogP contribution < -0.4 is 10.6 Å². The average molecular weight is 313 g/mol. The highest BCUT2D eigenvalue weighted by Gasteiger charge is 2.09. The Kier molecular flexibility index (Phi) is 4.70. The molecule has 2 N–H and O–H groups in total. The van der Waals surface area contributed by atoms with Crippen molar-refractivity contribution in [1.82, 2.24) is 5.32 Å². The number of benzene rings is 1.